The first-order chi connectivity index (χ1) is 12.5. The molecule has 3 aromatic rings. The summed E-state index contributed by atoms with van der Waals surface area (Å²) in [6.07, 6.45) is 0. The van der Waals surface area contributed by atoms with E-state index in [4.69, 9.17) is 16.3 Å². The van der Waals surface area contributed by atoms with Crippen LogP contribution in [-0.4, -0.2) is 5.91 Å². The van der Waals surface area contributed by atoms with Gasteiger partial charge in [0.15, 0.2) is 11.6 Å². The molecule has 0 aliphatic rings. The van der Waals surface area contributed by atoms with Crippen LogP contribution in [0.1, 0.15) is 15.9 Å². The minimum atomic E-state index is -1.03. The summed E-state index contributed by atoms with van der Waals surface area (Å²) in [5.41, 5.74) is 1.33. The van der Waals surface area contributed by atoms with Crippen LogP contribution in [0.15, 0.2) is 66.7 Å². The third kappa shape index (κ3) is 4.37. The molecule has 0 heterocycles. The van der Waals surface area contributed by atoms with Crippen molar-refractivity contribution >= 4 is 23.2 Å². The minimum absolute atomic E-state index is 0.154. The first-order valence-electron chi connectivity index (χ1n) is 7.75. The van der Waals surface area contributed by atoms with Gasteiger partial charge in [-0.1, -0.05) is 35.9 Å². The Morgan fingerprint density at radius 1 is 0.962 bits per heavy atom. The van der Waals surface area contributed by atoms with Crippen molar-refractivity contribution in [2.45, 2.75) is 6.61 Å². The Bertz CT molecular complexity index is 929. The molecule has 0 unspecified atom stereocenters. The highest BCUT2D eigenvalue weighted by molar-refractivity contribution is 6.30. The van der Waals surface area contributed by atoms with Crippen molar-refractivity contribution in [3.8, 4) is 5.75 Å². The molecule has 0 saturated carbocycles. The van der Waals surface area contributed by atoms with Gasteiger partial charge in [0, 0.05) is 16.8 Å². The van der Waals surface area contributed by atoms with Crippen molar-refractivity contribution in [1.82, 2.24) is 0 Å². The number of hydrogen-bond donors (Lipinski definition) is 1. The van der Waals surface area contributed by atoms with Crippen LogP contribution in [0.3, 0.4) is 0 Å². The summed E-state index contributed by atoms with van der Waals surface area (Å²) < 4.78 is 32.0. The zero-order valence-electron chi connectivity index (χ0n) is 13.5. The molecule has 1 N–H and O–H groups in total. The van der Waals surface area contributed by atoms with E-state index in [0.717, 1.165) is 17.7 Å². The zero-order valence-corrected chi connectivity index (χ0v) is 14.3. The molecule has 6 heteroatoms. The molecule has 0 fully saturated rings. The van der Waals surface area contributed by atoms with Crippen LogP contribution < -0.4 is 10.1 Å². The lowest BCUT2D eigenvalue weighted by molar-refractivity contribution is 0.102. The maximum atomic E-state index is 13.3. The Hall–Kier alpha value is -2.92. The summed E-state index contributed by atoms with van der Waals surface area (Å²) in [6.45, 7) is 0.257. The van der Waals surface area contributed by atoms with Crippen LogP contribution >= 0.6 is 11.6 Å². The summed E-state index contributed by atoms with van der Waals surface area (Å²) in [6, 6.07) is 17.0. The molecule has 3 rings (SSSR count). The third-order valence-electron chi connectivity index (χ3n) is 3.62. The first kappa shape index (κ1) is 17.9. The van der Waals surface area contributed by atoms with Gasteiger partial charge in [-0.15, -0.1) is 0 Å². The van der Waals surface area contributed by atoms with Crippen molar-refractivity contribution in [2.75, 3.05) is 5.32 Å². The van der Waals surface area contributed by atoms with Crippen molar-refractivity contribution in [3.05, 3.63) is 94.5 Å². The highest BCUT2D eigenvalue weighted by Gasteiger charge is 2.13. The van der Waals surface area contributed by atoms with E-state index in [0.29, 0.717) is 10.8 Å². The van der Waals surface area contributed by atoms with Gasteiger partial charge in [0.05, 0.1) is 5.56 Å². The highest BCUT2D eigenvalue weighted by atomic mass is 35.5. The fourth-order valence-corrected chi connectivity index (χ4v) is 2.42. The second-order valence-electron chi connectivity index (χ2n) is 5.49. The van der Waals surface area contributed by atoms with Crippen LogP contribution in [0.5, 0.6) is 5.75 Å². The maximum absolute atomic E-state index is 13.3. The summed E-state index contributed by atoms with van der Waals surface area (Å²) in [4.78, 5) is 12.5. The van der Waals surface area contributed by atoms with E-state index in [2.05, 4.69) is 5.32 Å². The molecule has 0 saturated heterocycles. The van der Waals surface area contributed by atoms with E-state index in [9.17, 15) is 13.6 Å². The Morgan fingerprint density at radius 2 is 1.69 bits per heavy atom. The van der Waals surface area contributed by atoms with Gasteiger partial charge >= 0.3 is 0 Å². The van der Waals surface area contributed by atoms with Crippen LogP contribution in [0, 0.1) is 11.6 Å². The van der Waals surface area contributed by atoms with Crippen LogP contribution in [0.4, 0.5) is 14.5 Å². The van der Waals surface area contributed by atoms with E-state index >= 15 is 0 Å². The highest BCUT2D eigenvalue weighted by Crippen LogP contribution is 2.22. The standard InChI is InChI=1S/C20H14ClF2NO2/c21-14-7-5-13(6-8-14)12-26-19-4-2-1-3-16(19)20(25)24-15-9-10-17(22)18(23)11-15/h1-11H,12H2,(H,24,25). The van der Waals surface area contributed by atoms with Crippen molar-refractivity contribution in [3.63, 3.8) is 0 Å². The topological polar surface area (TPSA) is 38.3 Å². The SMILES string of the molecule is O=C(Nc1ccc(F)c(F)c1)c1ccccc1OCc1ccc(Cl)cc1. The molecule has 1 amide bonds. The van der Waals surface area contributed by atoms with E-state index in [1.54, 1.807) is 36.4 Å². The fourth-order valence-electron chi connectivity index (χ4n) is 2.29. The molecule has 3 aromatic carbocycles. The fraction of sp³-hybridized carbons (Fsp3) is 0.0500. The summed E-state index contributed by atoms with van der Waals surface area (Å²) >= 11 is 5.85. The third-order valence-corrected chi connectivity index (χ3v) is 3.87. The molecule has 0 atom stereocenters. The summed E-state index contributed by atoms with van der Waals surface area (Å²) in [5, 5.41) is 3.15. The maximum Gasteiger partial charge on any atom is 0.259 e. The number of para-hydroxylation sites is 1. The normalized spacial score (nSPS) is 10.4. The first-order valence-corrected chi connectivity index (χ1v) is 8.13. The molecular formula is C20H14ClF2NO2. The second kappa shape index (κ2) is 7.97. The number of anilines is 1. The number of rotatable bonds is 5. The average molecular weight is 374 g/mol. The summed E-state index contributed by atoms with van der Waals surface area (Å²) in [7, 11) is 0. The number of amides is 1. The Balaban J connectivity index is 1.74. The monoisotopic (exact) mass is 373 g/mol. The van der Waals surface area contributed by atoms with E-state index < -0.39 is 17.5 Å². The van der Waals surface area contributed by atoms with Crippen LogP contribution in [-0.2, 0) is 6.61 Å². The van der Waals surface area contributed by atoms with E-state index in [1.165, 1.54) is 6.07 Å². The van der Waals surface area contributed by atoms with Gasteiger partial charge < -0.3 is 10.1 Å². The lowest BCUT2D eigenvalue weighted by Crippen LogP contribution is -2.14. The van der Waals surface area contributed by atoms with Crippen molar-refractivity contribution in [2.24, 2.45) is 0 Å². The summed E-state index contributed by atoms with van der Waals surface area (Å²) in [5.74, 6) is -2.12. The van der Waals surface area contributed by atoms with Crippen molar-refractivity contribution < 1.29 is 18.3 Å². The Labute approximate surface area is 154 Å². The van der Waals surface area contributed by atoms with Gasteiger partial charge in [-0.2, -0.15) is 0 Å². The van der Waals surface area contributed by atoms with Crippen LogP contribution in [0.2, 0.25) is 5.02 Å². The minimum Gasteiger partial charge on any atom is -0.488 e. The predicted octanol–water partition coefficient (Wildman–Crippen LogP) is 5.45. The van der Waals surface area contributed by atoms with E-state index in [1.807, 2.05) is 12.1 Å². The molecule has 26 heavy (non-hydrogen) atoms. The number of carbonyl (C=O) groups is 1. The van der Waals surface area contributed by atoms with Gasteiger partial charge in [-0.25, -0.2) is 8.78 Å². The molecule has 0 aliphatic heterocycles. The Kier molecular flexibility index (Phi) is 5.49. The largest absolute Gasteiger partial charge is 0.488 e. The van der Waals surface area contributed by atoms with Gasteiger partial charge in [0.2, 0.25) is 0 Å². The number of halogens is 3. The molecular weight excluding hydrogens is 360 g/mol. The molecule has 132 valence electrons. The molecule has 0 radical (unpaired) electrons. The quantitative estimate of drug-likeness (QED) is 0.645. The van der Waals surface area contributed by atoms with Gasteiger partial charge in [0.25, 0.3) is 5.91 Å². The molecule has 0 bridgehead atoms. The zero-order chi connectivity index (χ0) is 18.5. The van der Waals surface area contributed by atoms with E-state index in [-0.39, 0.29) is 17.9 Å². The smallest absolute Gasteiger partial charge is 0.259 e. The number of carbonyl (C=O) groups excluding carboxylic acids is 1. The molecule has 0 spiro atoms. The molecule has 3 nitrogen and oxygen atoms in total. The Morgan fingerprint density at radius 3 is 2.42 bits per heavy atom. The number of ether oxygens (including phenoxy) is 1. The van der Waals surface area contributed by atoms with Gasteiger partial charge in [-0.3, -0.25) is 4.79 Å². The molecule has 0 aliphatic carbocycles. The second-order valence-corrected chi connectivity index (χ2v) is 5.93. The van der Waals surface area contributed by atoms with Crippen molar-refractivity contribution in [1.29, 1.82) is 0 Å². The van der Waals surface area contributed by atoms with Crippen LogP contribution in [0.25, 0.3) is 0 Å². The van der Waals surface area contributed by atoms with Gasteiger partial charge in [-0.05, 0) is 42.0 Å². The number of hydrogen-bond acceptors (Lipinski definition) is 2. The van der Waals surface area contributed by atoms with Gasteiger partial charge in [0.1, 0.15) is 12.4 Å². The number of nitrogens with one attached hydrogen (secondary N) is 1. The predicted molar refractivity (Wildman–Crippen MR) is 96.5 cm³/mol. The average Bonchev–Trinajstić information content (AvgIpc) is 2.64. The number of benzene rings is 3. The lowest BCUT2D eigenvalue weighted by Gasteiger charge is -2.12. The molecule has 0 aromatic heterocycles. The lowest BCUT2D eigenvalue weighted by atomic mass is 10.1.